The first-order valence-corrected chi connectivity index (χ1v) is 7.44. The van der Waals surface area contributed by atoms with Crippen LogP contribution >= 0.6 is 0 Å². The monoisotopic (exact) mass is 310 g/mol. The van der Waals surface area contributed by atoms with Gasteiger partial charge in [0.05, 0.1) is 5.54 Å². The number of halogens is 1. The summed E-state index contributed by atoms with van der Waals surface area (Å²) in [5.41, 5.74) is 14.0. The highest BCUT2D eigenvalue weighted by Crippen LogP contribution is 2.34. The van der Waals surface area contributed by atoms with Crippen LogP contribution in [0.4, 0.5) is 4.39 Å². The lowest BCUT2D eigenvalue weighted by molar-refractivity contribution is 0.458. The zero-order valence-electron chi connectivity index (χ0n) is 12.9. The van der Waals surface area contributed by atoms with E-state index in [2.05, 4.69) is 0 Å². The van der Waals surface area contributed by atoms with E-state index in [-0.39, 0.29) is 11.9 Å². The maximum atomic E-state index is 12.9. The third kappa shape index (κ3) is 2.91. The fourth-order valence-electron chi connectivity index (χ4n) is 2.73. The Labute approximate surface area is 135 Å². The van der Waals surface area contributed by atoms with Crippen molar-refractivity contribution in [2.75, 3.05) is 0 Å². The summed E-state index contributed by atoms with van der Waals surface area (Å²) in [6, 6.07) is 13.1. The van der Waals surface area contributed by atoms with Gasteiger partial charge in [0.1, 0.15) is 17.3 Å². The molecule has 0 aromatic heterocycles. The van der Waals surface area contributed by atoms with Crippen molar-refractivity contribution >= 4 is 0 Å². The fraction of sp³-hybridized carbons (Fsp3) is 0.158. The van der Waals surface area contributed by atoms with Gasteiger partial charge in [-0.1, -0.05) is 30.4 Å². The summed E-state index contributed by atoms with van der Waals surface area (Å²) in [6.07, 6.45) is 5.80. The largest absolute Gasteiger partial charge is 0.457 e. The van der Waals surface area contributed by atoms with E-state index in [4.69, 9.17) is 16.2 Å². The van der Waals surface area contributed by atoms with E-state index in [0.717, 1.165) is 11.1 Å². The highest BCUT2D eigenvalue weighted by Gasteiger charge is 2.36. The molecule has 0 aliphatic heterocycles. The van der Waals surface area contributed by atoms with Gasteiger partial charge < -0.3 is 16.2 Å². The molecule has 0 saturated carbocycles. The zero-order chi connectivity index (χ0) is 16.4. The average molecular weight is 310 g/mol. The van der Waals surface area contributed by atoms with Gasteiger partial charge in [-0.2, -0.15) is 0 Å². The molecule has 2 unspecified atom stereocenters. The Balaban J connectivity index is 1.83. The third-order valence-electron chi connectivity index (χ3n) is 4.22. The van der Waals surface area contributed by atoms with Crippen LogP contribution in [-0.2, 0) is 5.54 Å². The summed E-state index contributed by atoms with van der Waals surface area (Å²) in [5.74, 6) is 0.944. The predicted molar refractivity (Wildman–Crippen MR) is 89.7 cm³/mol. The van der Waals surface area contributed by atoms with Crippen molar-refractivity contribution in [3.63, 3.8) is 0 Å². The summed E-state index contributed by atoms with van der Waals surface area (Å²) in [5, 5.41) is 0. The minimum Gasteiger partial charge on any atom is -0.457 e. The number of hydrogen-bond acceptors (Lipinski definition) is 3. The molecule has 23 heavy (non-hydrogen) atoms. The molecule has 0 fully saturated rings. The van der Waals surface area contributed by atoms with Crippen molar-refractivity contribution in [2.24, 2.45) is 11.5 Å². The molecule has 2 aromatic rings. The van der Waals surface area contributed by atoms with Crippen LogP contribution in [0, 0.1) is 5.82 Å². The van der Waals surface area contributed by atoms with Gasteiger partial charge >= 0.3 is 0 Å². The number of nitrogens with two attached hydrogens (primary N) is 2. The Hall–Kier alpha value is -2.43. The van der Waals surface area contributed by atoms with E-state index in [1.165, 1.54) is 12.1 Å². The molecule has 0 saturated heterocycles. The minimum atomic E-state index is -0.719. The Bertz CT molecular complexity index is 750. The van der Waals surface area contributed by atoms with Gasteiger partial charge in [-0.05, 0) is 54.5 Å². The van der Waals surface area contributed by atoms with Crippen molar-refractivity contribution in [3.05, 3.63) is 83.7 Å². The molecule has 0 spiro atoms. The lowest BCUT2D eigenvalue weighted by Crippen LogP contribution is -2.53. The van der Waals surface area contributed by atoms with Crippen molar-refractivity contribution in [3.8, 4) is 11.5 Å². The number of rotatable bonds is 3. The van der Waals surface area contributed by atoms with Crippen LogP contribution in [-0.4, -0.2) is 6.04 Å². The normalized spacial score (nSPS) is 23.5. The molecule has 2 atom stereocenters. The van der Waals surface area contributed by atoms with Crippen LogP contribution in [0.15, 0.2) is 72.3 Å². The number of hydrogen-bond donors (Lipinski definition) is 2. The van der Waals surface area contributed by atoms with Crippen LogP contribution in [0.25, 0.3) is 0 Å². The van der Waals surface area contributed by atoms with Crippen LogP contribution in [0.2, 0.25) is 0 Å². The molecule has 0 amide bonds. The lowest BCUT2D eigenvalue weighted by atomic mass is 9.76. The maximum Gasteiger partial charge on any atom is 0.127 e. The molecular weight excluding hydrogens is 291 g/mol. The number of allylic oxidation sites excluding steroid dienone is 2. The Morgan fingerprint density at radius 2 is 1.57 bits per heavy atom. The topological polar surface area (TPSA) is 61.3 Å². The molecule has 0 heterocycles. The molecule has 0 radical (unpaired) electrons. The molecule has 1 aliphatic carbocycles. The zero-order valence-corrected chi connectivity index (χ0v) is 12.9. The average Bonchev–Trinajstić information content (AvgIpc) is 2.55. The van der Waals surface area contributed by atoms with Crippen LogP contribution in [0.1, 0.15) is 12.5 Å². The van der Waals surface area contributed by atoms with Gasteiger partial charge in [-0.15, -0.1) is 0 Å². The first-order chi connectivity index (χ1) is 11.0. The van der Waals surface area contributed by atoms with Crippen molar-refractivity contribution in [1.29, 1.82) is 0 Å². The van der Waals surface area contributed by atoms with Crippen LogP contribution in [0.5, 0.6) is 11.5 Å². The molecule has 4 heteroatoms. The summed E-state index contributed by atoms with van der Waals surface area (Å²) in [7, 11) is 0. The smallest absolute Gasteiger partial charge is 0.127 e. The Morgan fingerprint density at radius 1 is 1.00 bits per heavy atom. The summed E-state index contributed by atoms with van der Waals surface area (Å²) in [6.45, 7) is 1.98. The van der Waals surface area contributed by atoms with E-state index in [1.807, 2.05) is 49.4 Å². The Morgan fingerprint density at radius 3 is 2.13 bits per heavy atom. The first kappa shape index (κ1) is 15.5. The second-order valence-electron chi connectivity index (χ2n) is 5.71. The number of ether oxygens (including phenoxy) is 1. The maximum absolute atomic E-state index is 12.9. The van der Waals surface area contributed by atoms with E-state index in [9.17, 15) is 4.39 Å². The predicted octanol–water partition coefficient (Wildman–Crippen LogP) is 3.62. The summed E-state index contributed by atoms with van der Waals surface area (Å²) < 4.78 is 18.6. The molecule has 0 bridgehead atoms. The SMILES string of the molecule is CC1=CC=CC(N)C1(N)c1ccc(Oc2ccc(F)cc2)cc1. The molecule has 2 aromatic carbocycles. The molecule has 3 rings (SSSR count). The van der Waals surface area contributed by atoms with Gasteiger partial charge in [0.2, 0.25) is 0 Å². The van der Waals surface area contributed by atoms with Crippen molar-refractivity contribution in [1.82, 2.24) is 0 Å². The second kappa shape index (κ2) is 5.99. The van der Waals surface area contributed by atoms with Crippen molar-refractivity contribution < 1.29 is 9.13 Å². The summed E-state index contributed by atoms with van der Waals surface area (Å²) in [4.78, 5) is 0. The number of benzene rings is 2. The van der Waals surface area contributed by atoms with Gasteiger partial charge in [0, 0.05) is 6.04 Å². The van der Waals surface area contributed by atoms with Crippen LogP contribution < -0.4 is 16.2 Å². The molecular formula is C19H19FN2O. The van der Waals surface area contributed by atoms with Gasteiger partial charge in [0.15, 0.2) is 0 Å². The minimum absolute atomic E-state index is 0.281. The fourth-order valence-corrected chi connectivity index (χ4v) is 2.73. The van der Waals surface area contributed by atoms with Gasteiger partial charge in [-0.3, -0.25) is 0 Å². The molecule has 1 aliphatic rings. The van der Waals surface area contributed by atoms with Gasteiger partial charge in [0.25, 0.3) is 0 Å². The molecule has 4 N–H and O–H groups in total. The molecule has 118 valence electrons. The first-order valence-electron chi connectivity index (χ1n) is 7.44. The quantitative estimate of drug-likeness (QED) is 0.910. The molecule has 3 nitrogen and oxygen atoms in total. The second-order valence-corrected chi connectivity index (χ2v) is 5.71. The highest BCUT2D eigenvalue weighted by atomic mass is 19.1. The standard InChI is InChI=1S/C19H19FN2O/c1-13-3-2-4-18(21)19(13,22)14-5-9-16(10-6-14)23-17-11-7-15(20)8-12-17/h2-12,18H,21-22H2,1H3. The van der Waals surface area contributed by atoms with Crippen LogP contribution in [0.3, 0.4) is 0 Å². The highest BCUT2D eigenvalue weighted by molar-refractivity contribution is 5.45. The Kier molecular flexibility index (Phi) is 4.03. The van der Waals surface area contributed by atoms with E-state index < -0.39 is 5.54 Å². The van der Waals surface area contributed by atoms with E-state index in [0.29, 0.717) is 11.5 Å². The third-order valence-corrected chi connectivity index (χ3v) is 4.22. The lowest BCUT2D eigenvalue weighted by Gasteiger charge is -2.37. The van der Waals surface area contributed by atoms with Crippen molar-refractivity contribution in [2.45, 2.75) is 18.5 Å². The summed E-state index contributed by atoms with van der Waals surface area (Å²) >= 11 is 0. The van der Waals surface area contributed by atoms with Gasteiger partial charge in [-0.25, -0.2) is 4.39 Å². The van der Waals surface area contributed by atoms with E-state index >= 15 is 0 Å². The van der Waals surface area contributed by atoms with E-state index in [1.54, 1.807) is 12.1 Å².